The van der Waals surface area contributed by atoms with Crippen LogP contribution in [-0.2, 0) is 22.6 Å². The molecule has 1 fully saturated rings. The van der Waals surface area contributed by atoms with Crippen LogP contribution in [0.5, 0.6) is 0 Å². The second kappa shape index (κ2) is 6.19. The summed E-state index contributed by atoms with van der Waals surface area (Å²) in [5.41, 5.74) is -4.57. The summed E-state index contributed by atoms with van der Waals surface area (Å²) >= 11 is 0. The summed E-state index contributed by atoms with van der Waals surface area (Å²) in [6, 6.07) is 0.717. The van der Waals surface area contributed by atoms with Crippen molar-refractivity contribution in [1.29, 1.82) is 0 Å². The number of nitrogens with one attached hydrogen (secondary N) is 2. The molecule has 1 aliphatic carbocycles. The topological polar surface area (TPSA) is 41.1 Å². The van der Waals surface area contributed by atoms with E-state index >= 15 is 0 Å². The molecular formula is C16H18F6N2O. The molecule has 2 rings (SSSR count). The molecule has 9 heteroatoms. The minimum Gasteiger partial charge on any atom is -0.358 e. The van der Waals surface area contributed by atoms with Gasteiger partial charge in [-0.05, 0) is 30.2 Å². The first-order valence-electron chi connectivity index (χ1n) is 7.60. The molecule has 1 aromatic rings. The van der Waals surface area contributed by atoms with Gasteiger partial charge in [-0.3, -0.25) is 4.79 Å². The maximum absolute atomic E-state index is 13.1. The van der Waals surface area contributed by atoms with Crippen molar-refractivity contribution in [2.24, 2.45) is 0 Å². The number of carbonyl (C=O) groups is 1. The largest absolute Gasteiger partial charge is 0.416 e. The van der Waals surface area contributed by atoms with E-state index in [0.29, 0.717) is 12.1 Å². The summed E-state index contributed by atoms with van der Waals surface area (Å²) in [6.45, 7) is 3.56. The Morgan fingerprint density at radius 3 is 1.92 bits per heavy atom. The maximum atomic E-state index is 13.1. The van der Waals surface area contributed by atoms with Crippen LogP contribution >= 0.6 is 0 Å². The number of rotatable bonds is 4. The molecule has 0 radical (unpaired) electrons. The predicted octanol–water partition coefficient (Wildman–Crippen LogP) is 3.48. The molecule has 1 aliphatic rings. The molecular weight excluding hydrogens is 350 g/mol. The van der Waals surface area contributed by atoms with E-state index < -0.39 is 40.8 Å². The molecule has 0 bridgehead atoms. The molecule has 2 unspecified atom stereocenters. The van der Waals surface area contributed by atoms with Crippen molar-refractivity contribution in [3.63, 3.8) is 0 Å². The molecule has 2 atom stereocenters. The SMILES string of the molecule is CNC(=O)C1(c2cc(C(F)(F)F)cc(C(F)(F)F)c2)CC1NC(C)C. The third-order valence-electron chi connectivity index (χ3n) is 4.23. The number of benzene rings is 1. The molecule has 0 heterocycles. The molecule has 0 aliphatic heterocycles. The van der Waals surface area contributed by atoms with E-state index in [1.54, 1.807) is 13.8 Å². The number of hydrogen-bond acceptors (Lipinski definition) is 2. The summed E-state index contributed by atoms with van der Waals surface area (Å²) in [6.07, 6.45) is -9.77. The van der Waals surface area contributed by atoms with Gasteiger partial charge in [-0.25, -0.2) is 0 Å². The first-order valence-corrected chi connectivity index (χ1v) is 7.60. The maximum Gasteiger partial charge on any atom is 0.416 e. The Hall–Kier alpha value is -1.77. The molecule has 0 spiro atoms. The normalized spacial score (nSPS) is 23.7. The Balaban J connectivity index is 2.61. The van der Waals surface area contributed by atoms with Crippen molar-refractivity contribution in [1.82, 2.24) is 10.6 Å². The Labute approximate surface area is 140 Å². The van der Waals surface area contributed by atoms with E-state index in [0.717, 1.165) is 0 Å². The first kappa shape index (κ1) is 19.6. The number of amides is 1. The number of halogens is 6. The van der Waals surface area contributed by atoms with Gasteiger partial charge in [-0.2, -0.15) is 26.3 Å². The van der Waals surface area contributed by atoms with Gasteiger partial charge in [0, 0.05) is 19.1 Å². The van der Waals surface area contributed by atoms with Gasteiger partial charge in [0.15, 0.2) is 0 Å². The van der Waals surface area contributed by atoms with Gasteiger partial charge < -0.3 is 10.6 Å². The van der Waals surface area contributed by atoms with E-state index in [1.165, 1.54) is 7.05 Å². The highest BCUT2D eigenvalue weighted by atomic mass is 19.4. The highest BCUT2D eigenvalue weighted by molar-refractivity contribution is 5.93. The van der Waals surface area contributed by atoms with Crippen LogP contribution in [0.3, 0.4) is 0 Å². The lowest BCUT2D eigenvalue weighted by molar-refractivity contribution is -0.143. The number of alkyl halides is 6. The second-order valence-corrected chi connectivity index (χ2v) is 6.42. The Morgan fingerprint density at radius 1 is 1.08 bits per heavy atom. The van der Waals surface area contributed by atoms with Gasteiger partial charge in [-0.1, -0.05) is 13.8 Å². The fourth-order valence-electron chi connectivity index (χ4n) is 3.00. The molecule has 3 nitrogen and oxygen atoms in total. The summed E-state index contributed by atoms with van der Waals surface area (Å²) in [5.74, 6) is -0.613. The lowest BCUT2D eigenvalue weighted by Gasteiger charge is -2.21. The van der Waals surface area contributed by atoms with Crippen LogP contribution < -0.4 is 10.6 Å². The summed E-state index contributed by atoms with van der Waals surface area (Å²) in [7, 11) is 1.30. The lowest BCUT2D eigenvalue weighted by atomic mass is 9.90. The smallest absolute Gasteiger partial charge is 0.358 e. The van der Waals surface area contributed by atoms with E-state index in [2.05, 4.69) is 10.6 Å². The average Bonchev–Trinajstić information content (AvgIpc) is 3.18. The number of likely N-dealkylation sites (N-methyl/N-ethyl adjacent to an activating group) is 1. The second-order valence-electron chi connectivity index (χ2n) is 6.42. The number of carbonyl (C=O) groups excluding carboxylic acids is 1. The Kier molecular flexibility index (Phi) is 4.84. The highest BCUT2D eigenvalue weighted by Gasteiger charge is 2.61. The molecule has 0 saturated heterocycles. The Morgan fingerprint density at radius 2 is 1.56 bits per heavy atom. The molecule has 0 aromatic heterocycles. The van der Waals surface area contributed by atoms with Crippen LogP contribution in [0.15, 0.2) is 18.2 Å². The molecule has 2 N–H and O–H groups in total. The van der Waals surface area contributed by atoms with Crippen molar-refractivity contribution in [2.75, 3.05) is 7.05 Å². The van der Waals surface area contributed by atoms with Gasteiger partial charge in [-0.15, -0.1) is 0 Å². The zero-order valence-electron chi connectivity index (χ0n) is 13.8. The quantitative estimate of drug-likeness (QED) is 0.799. The molecule has 1 aromatic carbocycles. The van der Waals surface area contributed by atoms with E-state index in [1.807, 2.05) is 0 Å². The van der Waals surface area contributed by atoms with Gasteiger partial charge in [0.2, 0.25) is 5.91 Å². The van der Waals surface area contributed by atoms with Crippen molar-refractivity contribution < 1.29 is 31.1 Å². The van der Waals surface area contributed by atoms with Crippen LogP contribution in [-0.4, -0.2) is 25.0 Å². The number of hydrogen-bond donors (Lipinski definition) is 2. The monoisotopic (exact) mass is 368 g/mol. The minimum atomic E-state index is -4.95. The fraction of sp³-hybridized carbons (Fsp3) is 0.562. The zero-order valence-corrected chi connectivity index (χ0v) is 13.8. The fourth-order valence-corrected chi connectivity index (χ4v) is 3.00. The van der Waals surface area contributed by atoms with Gasteiger partial charge in [0.05, 0.1) is 16.5 Å². The molecule has 1 saturated carbocycles. The van der Waals surface area contributed by atoms with Crippen molar-refractivity contribution >= 4 is 5.91 Å². The van der Waals surface area contributed by atoms with Gasteiger partial charge in [0.1, 0.15) is 0 Å². The van der Waals surface area contributed by atoms with Crippen LogP contribution in [0.4, 0.5) is 26.3 Å². The highest BCUT2D eigenvalue weighted by Crippen LogP contribution is 2.51. The molecule has 25 heavy (non-hydrogen) atoms. The Bertz CT molecular complexity index is 635. The van der Waals surface area contributed by atoms with Crippen LogP contribution in [0, 0.1) is 0 Å². The standard InChI is InChI=1S/C16H18F6N2O/c1-8(2)24-12-7-14(12,13(25)23-3)9-4-10(15(17,18)19)6-11(5-9)16(20,21)22/h4-6,8,12,24H,7H2,1-3H3,(H,23,25). The predicted molar refractivity (Wildman–Crippen MR) is 78.9 cm³/mol. The summed E-state index contributed by atoms with van der Waals surface area (Å²) < 4.78 is 78.3. The van der Waals surface area contributed by atoms with Gasteiger partial charge >= 0.3 is 12.4 Å². The van der Waals surface area contributed by atoms with Crippen molar-refractivity contribution in [3.8, 4) is 0 Å². The lowest BCUT2D eigenvalue weighted by Crippen LogP contribution is -2.40. The van der Waals surface area contributed by atoms with Crippen molar-refractivity contribution in [2.45, 2.75) is 50.1 Å². The zero-order chi connectivity index (χ0) is 19.2. The molecule has 140 valence electrons. The summed E-state index contributed by atoms with van der Waals surface area (Å²) in [4.78, 5) is 12.3. The average molecular weight is 368 g/mol. The van der Waals surface area contributed by atoms with Crippen LogP contribution in [0.2, 0.25) is 0 Å². The van der Waals surface area contributed by atoms with Crippen LogP contribution in [0.25, 0.3) is 0 Å². The third kappa shape index (κ3) is 3.75. The first-order chi connectivity index (χ1) is 11.3. The minimum absolute atomic E-state index is 0.0638. The summed E-state index contributed by atoms with van der Waals surface area (Å²) in [5, 5.41) is 5.36. The third-order valence-corrected chi connectivity index (χ3v) is 4.23. The van der Waals surface area contributed by atoms with E-state index in [-0.39, 0.29) is 24.1 Å². The van der Waals surface area contributed by atoms with Crippen molar-refractivity contribution in [3.05, 3.63) is 34.9 Å². The van der Waals surface area contributed by atoms with Gasteiger partial charge in [0.25, 0.3) is 0 Å². The van der Waals surface area contributed by atoms with E-state index in [9.17, 15) is 31.1 Å². The molecule has 1 amide bonds. The van der Waals surface area contributed by atoms with E-state index in [4.69, 9.17) is 0 Å². The van der Waals surface area contributed by atoms with Crippen LogP contribution in [0.1, 0.15) is 37.0 Å².